The summed E-state index contributed by atoms with van der Waals surface area (Å²) in [6, 6.07) is 0.419. The molecule has 1 heterocycles. The van der Waals surface area contributed by atoms with Gasteiger partial charge in [-0.15, -0.1) is 0 Å². The highest BCUT2D eigenvalue weighted by Gasteiger charge is 2.26. The number of hydrogen-bond acceptors (Lipinski definition) is 3. The summed E-state index contributed by atoms with van der Waals surface area (Å²) in [6.45, 7) is 10.6. The number of carbonyl (C=O) groups is 1. The molecule has 4 nitrogen and oxygen atoms in total. The van der Waals surface area contributed by atoms with E-state index in [1.165, 1.54) is 0 Å². The van der Waals surface area contributed by atoms with E-state index < -0.39 is 0 Å². The van der Waals surface area contributed by atoms with Gasteiger partial charge in [-0.1, -0.05) is 20.8 Å². The molecule has 0 aromatic heterocycles. The number of rotatable bonds is 7. The first-order chi connectivity index (χ1) is 9.47. The smallest absolute Gasteiger partial charge is 0.222 e. The maximum Gasteiger partial charge on any atom is 0.222 e. The lowest BCUT2D eigenvalue weighted by Crippen LogP contribution is -2.46. The van der Waals surface area contributed by atoms with E-state index in [0.29, 0.717) is 30.8 Å². The van der Waals surface area contributed by atoms with Crippen molar-refractivity contribution in [2.24, 2.45) is 17.6 Å². The van der Waals surface area contributed by atoms with Crippen LogP contribution in [0.15, 0.2) is 0 Å². The van der Waals surface area contributed by atoms with Crippen molar-refractivity contribution in [1.82, 2.24) is 9.80 Å². The van der Waals surface area contributed by atoms with Crippen LogP contribution in [0.2, 0.25) is 0 Å². The Balaban J connectivity index is 2.42. The second-order valence-electron chi connectivity index (χ2n) is 6.61. The summed E-state index contributed by atoms with van der Waals surface area (Å²) in [5.41, 5.74) is 5.81. The number of carbonyl (C=O) groups excluding carboxylic acids is 1. The summed E-state index contributed by atoms with van der Waals surface area (Å²) in [6.07, 6.45) is 3.87. The molecule has 0 aliphatic carbocycles. The molecule has 1 atom stereocenters. The molecule has 118 valence electrons. The Hall–Kier alpha value is -0.610. The molecule has 4 heteroatoms. The van der Waals surface area contributed by atoms with Gasteiger partial charge in [-0.3, -0.25) is 4.79 Å². The zero-order valence-corrected chi connectivity index (χ0v) is 13.8. The largest absolute Gasteiger partial charge is 0.343 e. The van der Waals surface area contributed by atoms with Crippen molar-refractivity contribution in [3.8, 4) is 0 Å². The molecular weight excluding hydrogens is 250 g/mol. The molecule has 0 unspecified atom stereocenters. The molecule has 0 spiro atoms. The van der Waals surface area contributed by atoms with E-state index in [4.69, 9.17) is 5.73 Å². The predicted octanol–water partition coefficient (Wildman–Crippen LogP) is 1.94. The predicted molar refractivity (Wildman–Crippen MR) is 84.5 cm³/mol. The third-order valence-corrected chi connectivity index (χ3v) is 4.55. The van der Waals surface area contributed by atoms with Crippen molar-refractivity contribution in [3.05, 3.63) is 0 Å². The van der Waals surface area contributed by atoms with Gasteiger partial charge in [0.25, 0.3) is 0 Å². The molecular formula is C16H33N3O. The maximum absolute atomic E-state index is 12.4. The molecule has 1 saturated heterocycles. The Morgan fingerprint density at radius 2 is 1.95 bits per heavy atom. The normalized spacial score (nSPS) is 19.3. The van der Waals surface area contributed by atoms with Gasteiger partial charge in [-0.2, -0.15) is 0 Å². The number of nitrogens with two attached hydrogens (primary N) is 1. The second-order valence-corrected chi connectivity index (χ2v) is 6.61. The van der Waals surface area contributed by atoms with E-state index in [9.17, 15) is 4.79 Å². The van der Waals surface area contributed by atoms with Gasteiger partial charge in [0.2, 0.25) is 5.91 Å². The van der Waals surface area contributed by atoms with E-state index >= 15 is 0 Å². The first kappa shape index (κ1) is 17.4. The SMILES string of the molecule is CCN1CCC(N(C)C(=O)C[C@@H](CN)CC(C)C)CC1. The van der Waals surface area contributed by atoms with Crippen LogP contribution in [-0.4, -0.2) is 55.0 Å². The molecule has 1 amide bonds. The fraction of sp³-hybridized carbons (Fsp3) is 0.938. The fourth-order valence-corrected chi connectivity index (χ4v) is 3.15. The van der Waals surface area contributed by atoms with Crippen molar-refractivity contribution in [1.29, 1.82) is 0 Å². The maximum atomic E-state index is 12.4. The lowest BCUT2D eigenvalue weighted by Gasteiger charge is -2.36. The highest BCUT2D eigenvalue weighted by Crippen LogP contribution is 2.19. The van der Waals surface area contributed by atoms with Crippen LogP contribution in [0, 0.1) is 11.8 Å². The first-order valence-electron chi connectivity index (χ1n) is 8.15. The average Bonchev–Trinajstić information content (AvgIpc) is 2.45. The number of likely N-dealkylation sites (tertiary alicyclic amines) is 1. The Bertz CT molecular complexity index is 285. The van der Waals surface area contributed by atoms with Crippen LogP contribution in [0.4, 0.5) is 0 Å². The molecule has 20 heavy (non-hydrogen) atoms. The van der Waals surface area contributed by atoms with Gasteiger partial charge in [0.05, 0.1) is 0 Å². The molecule has 1 aliphatic heterocycles. The number of piperidine rings is 1. The first-order valence-corrected chi connectivity index (χ1v) is 8.15. The lowest BCUT2D eigenvalue weighted by atomic mass is 9.93. The zero-order valence-electron chi connectivity index (χ0n) is 13.8. The van der Waals surface area contributed by atoms with Crippen LogP contribution in [-0.2, 0) is 4.79 Å². The molecule has 1 aliphatic rings. The van der Waals surface area contributed by atoms with E-state index in [-0.39, 0.29) is 5.91 Å². The molecule has 0 aromatic carbocycles. The minimum atomic E-state index is 0.274. The minimum Gasteiger partial charge on any atom is -0.343 e. The summed E-state index contributed by atoms with van der Waals surface area (Å²) in [5, 5.41) is 0. The number of amides is 1. The van der Waals surface area contributed by atoms with Gasteiger partial charge in [0, 0.05) is 32.6 Å². The summed E-state index contributed by atoms with van der Waals surface area (Å²) < 4.78 is 0. The molecule has 0 bridgehead atoms. The molecule has 2 N–H and O–H groups in total. The van der Waals surface area contributed by atoms with Crippen LogP contribution < -0.4 is 5.73 Å². The Morgan fingerprint density at radius 1 is 1.35 bits per heavy atom. The summed E-state index contributed by atoms with van der Waals surface area (Å²) in [4.78, 5) is 16.8. The lowest BCUT2D eigenvalue weighted by molar-refractivity contribution is -0.133. The van der Waals surface area contributed by atoms with Gasteiger partial charge in [-0.25, -0.2) is 0 Å². The van der Waals surface area contributed by atoms with Crippen molar-refractivity contribution < 1.29 is 4.79 Å². The average molecular weight is 283 g/mol. The van der Waals surface area contributed by atoms with Crippen LogP contribution >= 0.6 is 0 Å². The Morgan fingerprint density at radius 3 is 2.40 bits per heavy atom. The van der Waals surface area contributed by atoms with Gasteiger partial charge in [0.15, 0.2) is 0 Å². The van der Waals surface area contributed by atoms with Crippen molar-refractivity contribution >= 4 is 5.91 Å². The minimum absolute atomic E-state index is 0.274. The third kappa shape index (κ3) is 5.41. The number of hydrogen-bond donors (Lipinski definition) is 1. The fourth-order valence-electron chi connectivity index (χ4n) is 3.15. The summed E-state index contributed by atoms with van der Waals surface area (Å²) in [5.74, 6) is 1.21. The van der Waals surface area contributed by atoms with E-state index in [2.05, 4.69) is 25.7 Å². The Kier molecular flexibility index (Phi) is 7.52. The summed E-state index contributed by atoms with van der Waals surface area (Å²) >= 11 is 0. The topological polar surface area (TPSA) is 49.6 Å². The van der Waals surface area contributed by atoms with Crippen LogP contribution in [0.25, 0.3) is 0 Å². The van der Waals surface area contributed by atoms with Crippen molar-refractivity contribution in [3.63, 3.8) is 0 Å². The monoisotopic (exact) mass is 283 g/mol. The molecule has 0 radical (unpaired) electrons. The van der Waals surface area contributed by atoms with Crippen molar-refractivity contribution in [2.45, 2.75) is 52.5 Å². The number of nitrogens with zero attached hydrogens (tertiary/aromatic N) is 2. The highest BCUT2D eigenvalue weighted by atomic mass is 16.2. The van der Waals surface area contributed by atoms with Gasteiger partial charge in [0.1, 0.15) is 0 Å². The van der Waals surface area contributed by atoms with E-state index in [0.717, 1.165) is 38.9 Å². The van der Waals surface area contributed by atoms with Gasteiger partial charge < -0.3 is 15.5 Å². The van der Waals surface area contributed by atoms with Crippen LogP contribution in [0.5, 0.6) is 0 Å². The quantitative estimate of drug-likeness (QED) is 0.777. The van der Waals surface area contributed by atoms with Crippen LogP contribution in [0.3, 0.4) is 0 Å². The van der Waals surface area contributed by atoms with Gasteiger partial charge in [-0.05, 0) is 44.2 Å². The molecule has 0 saturated carbocycles. The highest BCUT2D eigenvalue weighted by molar-refractivity contribution is 5.76. The third-order valence-electron chi connectivity index (χ3n) is 4.55. The van der Waals surface area contributed by atoms with Crippen LogP contribution in [0.1, 0.15) is 46.5 Å². The summed E-state index contributed by atoms with van der Waals surface area (Å²) in [7, 11) is 1.97. The second kappa shape index (κ2) is 8.63. The molecule has 1 fully saturated rings. The van der Waals surface area contributed by atoms with Crippen molar-refractivity contribution in [2.75, 3.05) is 33.2 Å². The molecule has 0 aromatic rings. The van der Waals surface area contributed by atoms with E-state index in [1.54, 1.807) is 0 Å². The molecule has 1 rings (SSSR count). The standard InChI is InChI=1S/C16H33N3O/c1-5-19-8-6-15(7-9-19)18(4)16(20)11-14(12-17)10-13(2)3/h13-15H,5-12,17H2,1-4H3/t14-/m0/s1. The van der Waals surface area contributed by atoms with Gasteiger partial charge >= 0.3 is 0 Å². The zero-order chi connectivity index (χ0) is 15.1. The Labute approximate surface area is 124 Å². The van der Waals surface area contributed by atoms with E-state index in [1.807, 2.05) is 11.9 Å².